The van der Waals surface area contributed by atoms with Crippen LogP contribution in [0, 0.1) is 59.2 Å². The van der Waals surface area contributed by atoms with Crippen LogP contribution < -0.4 is 39.5 Å². The number of rotatable bonds is 4. The predicted molar refractivity (Wildman–Crippen MR) is 352 cm³/mol. The van der Waals surface area contributed by atoms with Gasteiger partial charge < -0.3 is 29.6 Å². The lowest BCUT2D eigenvalue weighted by Crippen LogP contribution is -3.00. The summed E-state index contributed by atoms with van der Waals surface area (Å²) in [5, 5.41) is 0.688. The highest BCUT2D eigenvalue weighted by Crippen LogP contribution is 2.22. The van der Waals surface area contributed by atoms with Crippen LogP contribution in [0.2, 0.25) is 5.02 Å². The molecule has 2 N–H and O–H groups in total. The molecule has 94 heavy (non-hydrogen) atoms. The minimum Gasteiger partial charge on any atom is -1.00 e. The molecule has 0 fully saturated rings. The maximum Gasteiger partial charge on any atom is 0.374 e. The molecule has 17 nitrogen and oxygen atoms in total. The molecule has 0 aliphatic carbocycles. The third-order valence-corrected chi connectivity index (χ3v) is 12.3. The van der Waals surface area contributed by atoms with Crippen LogP contribution in [-0.2, 0) is 0 Å². The Morgan fingerprint density at radius 1 is 0.362 bits per heavy atom. The van der Waals surface area contributed by atoms with Crippen molar-refractivity contribution in [1.82, 2.24) is 69.8 Å². The number of benzene rings is 2. The number of hydrogen-bond acceptors (Lipinski definition) is 15. The standard InChI is InChI=1S/C17H10ClN3.C17H11N3.C16H10N4.C12H9N3O.C11H6BrN3.2ClH/c18-16-5-1-4-14(9-16)15-11-20-17(21-12-15)7-6-13-3-2-8-19-10-13;1-2-6-15(7-3-1)16-12-19-17(20-13-16)9-8-14-5-4-10-18-11-14;1-2-14(10-17-5-1)15-8-13(9-19-11-15)3-4-16-12-18-6-7-20-16;1-16-11-7-10(8-13-9-11)3-4-12-14-5-2-6-15-12;12-10-7-14-11(15-8-10)4-3-9-2-1-5-13-6-9;;/h1-5,8-12H;1-7,10-13H;1-2,5-12H;2,5-9H,1H3;1-2,5-8H;2*1H. The minimum atomic E-state index is 0. The molecule has 0 spiro atoms. The lowest BCUT2D eigenvalue weighted by atomic mass is 10.1. The summed E-state index contributed by atoms with van der Waals surface area (Å²) in [6.45, 7) is 0. The fourth-order valence-corrected chi connectivity index (χ4v) is 7.71. The summed E-state index contributed by atoms with van der Waals surface area (Å²) in [6, 6.07) is 38.3. The smallest absolute Gasteiger partial charge is 0.374 e. The molecule has 11 heterocycles. The van der Waals surface area contributed by atoms with Crippen LogP contribution in [0.1, 0.15) is 56.8 Å². The number of nitrogens with zero attached hydrogens (tertiary/aromatic N) is 14. The first kappa shape index (κ1) is 69.2. The van der Waals surface area contributed by atoms with Crippen molar-refractivity contribution in [3.8, 4) is 98.3 Å². The third kappa shape index (κ3) is 24.2. The highest BCUT2D eigenvalue weighted by atomic mass is 79.9. The molecule has 21 heteroatoms. The Bertz CT molecular complexity index is 4760. The molecule has 0 saturated heterocycles. The second-order valence-corrected chi connectivity index (χ2v) is 19.6. The van der Waals surface area contributed by atoms with Gasteiger partial charge >= 0.3 is 5.82 Å². The van der Waals surface area contributed by atoms with Crippen molar-refractivity contribution in [2.24, 2.45) is 0 Å². The number of pyridine rings is 6. The van der Waals surface area contributed by atoms with E-state index in [4.69, 9.17) is 16.3 Å². The van der Waals surface area contributed by atoms with E-state index >= 15 is 0 Å². The maximum absolute atomic E-state index is 5.97. The van der Waals surface area contributed by atoms with Crippen molar-refractivity contribution >= 4 is 27.5 Å². The minimum absolute atomic E-state index is 0. The molecular formula is C73H48BrCl3N16O. The van der Waals surface area contributed by atoms with Crippen molar-refractivity contribution in [3.05, 3.63) is 330 Å². The van der Waals surface area contributed by atoms with Crippen molar-refractivity contribution in [2.45, 2.75) is 0 Å². The van der Waals surface area contributed by atoms with E-state index in [2.05, 4.69) is 155 Å². The van der Waals surface area contributed by atoms with Gasteiger partial charge in [0.05, 0.1) is 29.5 Å². The van der Waals surface area contributed by atoms with Crippen molar-refractivity contribution in [3.63, 3.8) is 0 Å². The zero-order valence-corrected chi connectivity index (χ0v) is 53.4. The van der Waals surface area contributed by atoms with Crippen molar-refractivity contribution in [2.75, 3.05) is 7.11 Å². The van der Waals surface area contributed by atoms with Crippen LogP contribution in [-0.4, -0.2) is 76.9 Å². The Morgan fingerprint density at radius 3 is 1.41 bits per heavy atom. The van der Waals surface area contributed by atoms with Gasteiger partial charge in [-0.3, -0.25) is 29.9 Å². The van der Waals surface area contributed by atoms with Gasteiger partial charge in [-0.05, 0) is 122 Å². The van der Waals surface area contributed by atoms with Crippen LogP contribution >= 0.6 is 27.5 Å². The van der Waals surface area contributed by atoms with Gasteiger partial charge in [0.2, 0.25) is 23.7 Å². The SMILES string of the molecule is Brc1cnc(C#Cc2cccnc2)nc1.C(#Cc1cnccn1)c1cncc(-c2cccnc2)c1.C(#Cc1ncc(-c2ccccc2)cn1)c1cccnc1.COc1c[nH+]cc(C#Cc2nccc[nH+]2)c1.Clc1cccc(-c2cnc(C#Cc3cccnc3)nc2)c1.[Cl-].[Cl-]. The number of halogens is 4. The number of H-pyrrole nitrogens is 2. The largest absolute Gasteiger partial charge is 1.00 e. The van der Waals surface area contributed by atoms with E-state index in [0.717, 1.165) is 71.4 Å². The maximum atomic E-state index is 5.97. The van der Waals surface area contributed by atoms with E-state index in [1.165, 1.54) is 0 Å². The Balaban J connectivity index is 0.000000166. The molecule has 0 saturated carbocycles. The Kier molecular flexibility index (Phi) is 28.7. The van der Waals surface area contributed by atoms with Crippen LogP contribution in [0.4, 0.5) is 0 Å². The Morgan fingerprint density at radius 2 is 0.883 bits per heavy atom. The van der Waals surface area contributed by atoms with Crippen LogP contribution in [0.5, 0.6) is 5.75 Å². The topological polar surface area (TPSA) is 218 Å². The molecule has 0 unspecified atom stereocenters. The van der Waals surface area contributed by atoms with Crippen LogP contribution in [0.3, 0.4) is 0 Å². The number of hydrogen-bond donors (Lipinski definition) is 0. The first-order chi connectivity index (χ1) is 45.4. The Hall–Kier alpha value is -12.3. The van der Waals surface area contributed by atoms with Gasteiger partial charge in [-0.2, -0.15) is 0 Å². The van der Waals surface area contributed by atoms with Gasteiger partial charge in [0.1, 0.15) is 11.9 Å². The third-order valence-electron chi connectivity index (χ3n) is 11.7. The normalized spacial score (nSPS) is 9.27. The molecule has 0 amide bonds. The lowest BCUT2D eigenvalue weighted by Gasteiger charge is -2.00. The summed E-state index contributed by atoms with van der Waals surface area (Å²) in [4.78, 5) is 63.4. The van der Waals surface area contributed by atoms with Gasteiger partial charge in [0.15, 0.2) is 11.9 Å². The lowest BCUT2D eigenvalue weighted by molar-refractivity contribution is -0.386. The molecule has 0 atom stereocenters. The van der Waals surface area contributed by atoms with Crippen molar-refractivity contribution < 1.29 is 39.5 Å². The van der Waals surface area contributed by atoms with E-state index < -0.39 is 0 Å². The average Bonchev–Trinajstić information content (AvgIpc) is 2.73. The summed E-state index contributed by atoms with van der Waals surface area (Å²) >= 11 is 9.23. The molecule has 11 aromatic heterocycles. The molecule has 13 rings (SSSR count). The molecule has 0 radical (unpaired) electrons. The van der Waals surface area contributed by atoms with Crippen molar-refractivity contribution in [1.29, 1.82) is 0 Å². The molecule has 13 aromatic rings. The molecule has 0 aliphatic heterocycles. The van der Waals surface area contributed by atoms with Gasteiger partial charge in [-0.25, -0.2) is 44.9 Å². The fraction of sp³-hybridized carbons (Fsp3) is 0.0137. The molecule has 2 aromatic carbocycles. The molecule has 454 valence electrons. The predicted octanol–water partition coefficient (Wildman–Crippen LogP) is 5.02. The first-order valence-electron chi connectivity index (χ1n) is 27.6. The highest BCUT2D eigenvalue weighted by molar-refractivity contribution is 9.10. The Labute approximate surface area is 568 Å². The first-order valence-corrected chi connectivity index (χ1v) is 28.8. The zero-order valence-electron chi connectivity index (χ0n) is 49.5. The average molecular weight is 1350 g/mol. The monoisotopic (exact) mass is 1350 g/mol. The van der Waals surface area contributed by atoms with Crippen LogP contribution in [0.15, 0.2) is 268 Å². The van der Waals surface area contributed by atoms with E-state index in [-0.39, 0.29) is 24.8 Å². The van der Waals surface area contributed by atoms with E-state index in [1.807, 2.05) is 121 Å². The summed E-state index contributed by atoms with van der Waals surface area (Å²) in [6.07, 6.45) is 39.6. The van der Waals surface area contributed by atoms with Gasteiger partial charge in [-0.15, -0.1) is 0 Å². The number of methoxy groups -OCH3 is 1. The second kappa shape index (κ2) is 39.0. The fourth-order valence-electron chi connectivity index (χ4n) is 7.32. The summed E-state index contributed by atoms with van der Waals surface area (Å²) in [5.74, 6) is 32.3. The number of nitrogens with one attached hydrogen (secondary N) is 2. The van der Waals surface area contributed by atoms with Gasteiger partial charge in [0, 0.05) is 179 Å². The second-order valence-electron chi connectivity index (χ2n) is 18.3. The van der Waals surface area contributed by atoms with Gasteiger partial charge in [-0.1, -0.05) is 83.8 Å². The number of aromatic amines is 2. The molecule has 0 bridgehead atoms. The van der Waals surface area contributed by atoms with E-state index in [1.54, 1.807) is 150 Å². The zero-order chi connectivity index (χ0) is 63.5. The summed E-state index contributed by atoms with van der Waals surface area (Å²) in [7, 11) is 1.62. The quantitative estimate of drug-likeness (QED) is 0.211. The van der Waals surface area contributed by atoms with E-state index in [0.29, 0.717) is 34.0 Å². The summed E-state index contributed by atoms with van der Waals surface area (Å²) in [5.41, 5.74) is 10.8. The number of aromatic nitrogens is 16. The molecule has 0 aliphatic rings. The van der Waals surface area contributed by atoms with E-state index in [9.17, 15) is 0 Å². The van der Waals surface area contributed by atoms with Crippen LogP contribution in [0.25, 0.3) is 33.4 Å². The number of ether oxygens (including phenoxy) is 1. The summed E-state index contributed by atoms with van der Waals surface area (Å²) < 4.78 is 5.93. The van der Waals surface area contributed by atoms with Gasteiger partial charge in [0.25, 0.3) is 0 Å². The highest BCUT2D eigenvalue weighted by Gasteiger charge is 2.04. The molecular weight excluding hydrogens is 1300 g/mol.